The summed E-state index contributed by atoms with van der Waals surface area (Å²) in [6.45, 7) is 5.60. The molecule has 0 radical (unpaired) electrons. The lowest BCUT2D eigenvalue weighted by Crippen LogP contribution is -2.34. The van der Waals surface area contributed by atoms with Crippen molar-refractivity contribution in [1.29, 1.82) is 0 Å². The zero-order valence-electron chi connectivity index (χ0n) is 11.0. The van der Waals surface area contributed by atoms with Crippen molar-refractivity contribution in [2.45, 2.75) is 50.5 Å². The lowest BCUT2D eigenvalue weighted by molar-refractivity contribution is 0.395. The minimum atomic E-state index is 0.766. The number of aryl methyl sites for hydroxylation is 2. The van der Waals surface area contributed by atoms with Crippen molar-refractivity contribution in [2.75, 3.05) is 12.3 Å². The number of benzene rings is 1. The second-order valence-corrected chi connectivity index (χ2v) is 6.19. The van der Waals surface area contributed by atoms with Gasteiger partial charge in [0.15, 0.2) is 0 Å². The van der Waals surface area contributed by atoms with E-state index in [1.807, 2.05) is 11.8 Å². The molecule has 1 atom stereocenters. The van der Waals surface area contributed by atoms with Crippen LogP contribution in [0.4, 0.5) is 0 Å². The topological polar surface area (TPSA) is 12.0 Å². The summed E-state index contributed by atoms with van der Waals surface area (Å²) in [7, 11) is 0. The van der Waals surface area contributed by atoms with Crippen LogP contribution in [0.15, 0.2) is 23.1 Å². The van der Waals surface area contributed by atoms with E-state index in [2.05, 4.69) is 37.4 Å². The van der Waals surface area contributed by atoms with Gasteiger partial charge in [-0.25, -0.2) is 0 Å². The quantitative estimate of drug-likeness (QED) is 0.812. The number of thioether (sulfide) groups is 1. The Morgan fingerprint density at radius 1 is 1.29 bits per heavy atom. The van der Waals surface area contributed by atoms with Crippen LogP contribution < -0.4 is 5.32 Å². The fourth-order valence-electron chi connectivity index (χ4n) is 2.44. The van der Waals surface area contributed by atoms with Crippen LogP contribution in [0.1, 0.15) is 36.8 Å². The molecular weight excluding hydrogens is 226 g/mol. The minimum Gasteiger partial charge on any atom is -0.314 e. The summed E-state index contributed by atoms with van der Waals surface area (Å²) in [5.41, 5.74) is 2.78. The third kappa shape index (κ3) is 4.04. The third-order valence-electron chi connectivity index (χ3n) is 3.47. The first-order valence-electron chi connectivity index (χ1n) is 6.69. The molecule has 2 rings (SSSR count). The van der Waals surface area contributed by atoms with E-state index in [1.165, 1.54) is 54.0 Å². The second-order valence-electron chi connectivity index (χ2n) is 5.05. The maximum Gasteiger partial charge on any atom is 0.0101 e. The highest BCUT2D eigenvalue weighted by molar-refractivity contribution is 7.99. The van der Waals surface area contributed by atoms with Crippen LogP contribution in [0.25, 0.3) is 0 Å². The molecule has 1 aliphatic heterocycles. The molecule has 1 aromatic rings. The molecule has 0 saturated carbocycles. The van der Waals surface area contributed by atoms with Gasteiger partial charge in [0.2, 0.25) is 0 Å². The van der Waals surface area contributed by atoms with Crippen LogP contribution in [0.3, 0.4) is 0 Å². The molecule has 94 valence electrons. The summed E-state index contributed by atoms with van der Waals surface area (Å²) < 4.78 is 0. The lowest BCUT2D eigenvalue weighted by atomic mass is 10.0. The molecule has 1 heterocycles. The van der Waals surface area contributed by atoms with Crippen molar-refractivity contribution in [3.05, 3.63) is 29.3 Å². The molecule has 1 aliphatic rings. The summed E-state index contributed by atoms with van der Waals surface area (Å²) in [5.74, 6) is 1.24. The normalized spacial score (nSPS) is 20.5. The van der Waals surface area contributed by atoms with Gasteiger partial charge in [-0.3, -0.25) is 0 Å². The molecule has 1 nitrogen and oxygen atoms in total. The molecule has 17 heavy (non-hydrogen) atoms. The van der Waals surface area contributed by atoms with Crippen LogP contribution in [0.5, 0.6) is 0 Å². The van der Waals surface area contributed by atoms with Crippen molar-refractivity contribution in [3.8, 4) is 0 Å². The maximum absolute atomic E-state index is 3.62. The van der Waals surface area contributed by atoms with Gasteiger partial charge in [0.1, 0.15) is 0 Å². The average molecular weight is 249 g/mol. The summed E-state index contributed by atoms with van der Waals surface area (Å²) in [5, 5.41) is 3.62. The van der Waals surface area contributed by atoms with Crippen molar-refractivity contribution >= 4 is 11.8 Å². The van der Waals surface area contributed by atoms with Crippen molar-refractivity contribution in [3.63, 3.8) is 0 Å². The summed E-state index contributed by atoms with van der Waals surface area (Å²) in [6.07, 6.45) is 5.44. The van der Waals surface area contributed by atoms with Crippen molar-refractivity contribution in [1.82, 2.24) is 5.32 Å². The van der Waals surface area contributed by atoms with E-state index in [1.54, 1.807) is 0 Å². The second kappa shape index (κ2) is 6.46. The van der Waals surface area contributed by atoms with Crippen LogP contribution in [0.2, 0.25) is 0 Å². The van der Waals surface area contributed by atoms with Gasteiger partial charge in [0, 0.05) is 10.9 Å². The molecule has 1 fully saturated rings. The van der Waals surface area contributed by atoms with Gasteiger partial charge >= 0.3 is 0 Å². The smallest absolute Gasteiger partial charge is 0.0101 e. The van der Waals surface area contributed by atoms with E-state index >= 15 is 0 Å². The van der Waals surface area contributed by atoms with Gasteiger partial charge in [-0.2, -0.15) is 0 Å². The predicted molar refractivity (Wildman–Crippen MR) is 76.9 cm³/mol. The molecule has 1 aromatic carbocycles. The van der Waals surface area contributed by atoms with Gasteiger partial charge in [-0.15, -0.1) is 11.8 Å². The molecule has 0 bridgehead atoms. The first kappa shape index (κ1) is 13.0. The zero-order valence-corrected chi connectivity index (χ0v) is 11.8. The Morgan fingerprint density at radius 3 is 2.88 bits per heavy atom. The van der Waals surface area contributed by atoms with E-state index in [0.29, 0.717) is 0 Å². The Kier molecular flexibility index (Phi) is 4.93. The summed E-state index contributed by atoms with van der Waals surface area (Å²) >= 11 is 2.01. The van der Waals surface area contributed by atoms with Gasteiger partial charge in [-0.05, 0) is 57.0 Å². The molecule has 2 heteroatoms. The molecule has 1 N–H and O–H groups in total. The Balaban J connectivity index is 1.77. The van der Waals surface area contributed by atoms with Crippen LogP contribution in [-0.2, 0) is 0 Å². The molecule has 0 aromatic heterocycles. The fraction of sp³-hybridized carbons (Fsp3) is 0.600. The molecule has 0 amide bonds. The van der Waals surface area contributed by atoms with E-state index in [0.717, 1.165) is 6.04 Å². The summed E-state index contributed by atoms with van der Waals surface area (Å²) in [4.78, 5) is 1.45. The van der Waals surface area contributed by atoms with Gasteiger partial charge in [-0.1, -0.05) is 24.1 Å². The average Bonchev–Trinajstić information content (AvgIpc) is 2.33. The SMILES string of the molecule is Cc1ccc(SCCC2CCCCN2)c(C)c1. The van der Waals surface area contributed by atoms with Gasteiger partial charge in [0.05, 0.1) is 0 Å². The van der Waals surface area contributed by atoms with E-state index < -0.39 is 0 Å². The largest absolute Gasteiger partial charge is 0.314 e. The number of piperidine rings is 1. The van der Waals surface area contributed by atoms with E-state index in [9.17, 15) is 0 Å². The molecule has 1 saturated heterocycles. The van der Waals surface area contributed by atoms with Crippen molar-refractivity contribution < 1.29 is 0 Å². The third-order valence-corrected chi connectivity index (χ3v) is 4.68. The number of hydrogen-bond donors (Lipinski definition) is 1. The highest BCUT2D eigenvalue weighted by atomic mass is 32.2. The molecule has 0 spiro atoms. The highest BCUT2D eigenvalue weighted by Gasteiger charge is 2.12. The van der Waals surface area contributed by atoms with Gasteiger partial charge in [0.25, 0.3) is 0 Å². The molecule has 1 unspecified atom stereocenters. The van der Waals surface area contributed by atoms with Crippen LogP contribution in [0, 0.1) is 13.8 Å². The maximum atomic E-state index is 3.62. The monoisotopic (exact) mass is 249 g/mol. The number of hydrogen-bond acceptors (Lipinski definition) is 2. The first-order chi connectivity index (χ1) is 8.25. The minimum absolute atomic E-state index is 0.766. The van der Waals surface area contributed by atoms with E-state index in [-0.39, 0.29) is 0 Å². The molecular formula is C15H23NS. The Hall–Kier alpha value is -0.470. The lowest BCUT2D eigenvalue weighted by Gasteiger charge is -2.23. The number of rotatable bonds is 4. The predicted octanol–water partition coefficient (Wildman–Crippen LogP) is 3.93. The van der Waals surface area contributed by atoms with Crippen LogP contribution in [-0.4, -0.2) is 18.3 Å². The van der Waals surface area contributed by atoms with Crippen molar-refractivity contribution in [2.24, 2.45) is 0 Å². The Labute approximate surface area is 109 Å². The Bertz CT molecular complexity index is 356. The summed E-state index contributed by atoms with van der Waals surface area (Å²) in [6, 6.07) is 7.53. The number of nitrogens with one attached hydrogen (secondary N) is 1. The van der Waals surface area contributed by atoms with Crippen LogP contribution >= 0.6 is 11.8 Å². The van der Waals surface area contributed by atoms with E-state index in [4.69, 9.17) is 0 Å². The molecule has 0 aliphatic carbocycles. The Morgan fingerprint density at radius 2 is 2.18 bits per heavy atom. The zero-order chi connectivity index (χ0) is 12.1. The first-order valence-corrected chi connectivity index (χ1v) is 7.68. The highest BCUT2D eigenvalue weighted by Crippen LogP contribution is 2.25. The van der Waals surface area contributed by atoms with Gasteiger partial charge < -0.3 is 5.32 Å². The fourth-order valence-corrected chi connectivity index (χ4v) is 3.52. The standard InChI is InChI=1S/C15H23NS/c1-12-6-7-15(13(2)11-12)17-10-8-14-5-3-4-9-16-14/h6-7,11,14,16H,3-5,8-10H2,1-2H3.